The number of carbonyl (C=O) groups is 1. The summed E-state index contributed by atoms with van der Waals surface area (Å²) in [6, 6.07) is 0. The molecule has 0 bridgehead atoms. The molecule has 1 fully saturated rings. The van der Waals surface area contributed by atoms with E-state index in [0.717, 1.165) is 5.57 Å². The van der Waals surface area contributed by atoms with Gasteiger partial charge in [0.15, 0.2) is 0 Å². The van der Waals surface area contributed by atoms with Crippen LogP contribution in [-0.4, -0.2) is 53.6 Å². The molecule has 0 radical (unpaired) electrons. The number of amides is 1. The molecule has 0 spiro atoms. The molecule has 1 saturated heterocycles. The van der Waals surface area contributed by atoms with E-state index in [1.807, 2.05) is 40.7 Å². The molecule has 0 aromatic carbocycles. The highest BCUT2D eigenvalue weighted by Gasteiger charge is 2.38. The summed E-state index contributed by atoms with van der Waals surface area (Å²) >= 11 is 0. The number of nitrogens with zero attached hydrogens (tertiary/aromatic N) is 1. The number of carbonyl (C=O) groups excluding carboxylic acids is 1. The minimum Gasteiger partial charge on any atom is -0.444 e. The number of rotatable bonds is 3. The minimum atomic E-state index is -0.716. The van der Waals surface area contributed by atoms with Crippen LogP contribution in [0.5, 0.6) is 0 Å². The van der Waals surface area contributed by atoms with E-state index in [1.54, 1.807) is 4.90 Å². The number of allylic oxidation sites excluding steroid dienone is 1. The van der Waals surface area contributed by atoms with E-state index >= 15 is 0 Å². The highest BCUT2D eigenvalue weighted by molar-refractivity contribution is 5.68. The minimum absolute atomic E-state index is 0.115. The number of hydrogen-bond acceptors (Lipinski definition) is 4. The van der Waals surface area contributed by atoms with E-state index in [9.17, 15) is 9.90 Å². The van der Waals surface area contributed by atoms with Crippen molar-refractivity contribution in [3.8, 4) is 0 Å². The maximum absolute atomic E-state index is 12.1. The summed E-state index contributed by atoms with van der Waals surface area (Å²) in [6.45, 7) is 10.7. The first-order chi connectivity index (χ1) is 9.17. The Labute approximate surface area is 121 Å². The van der Waals surface area contributed by atoms with Gasteiger partial charge in [-0.25, -0.2) is 4.79 Å². The average Bonchev–Trinajstić information content (AvgIpc) is 2.34. The van der Waals surface area contributed by atoms with Crippen molar-refractivity contribution in [2.75, 3.05) is 26.3 Å². The lowest BCUT2D eigenvalue weighted by Crippen LogP contribution is -2.56. The Morgan fingerprint density at radius 3 is 2.60 bits per heavy atom. The highest BCUT2D eigenvalue weighted by Crippen LogP contribution is 2.24. The fourth-order valence-corrected chi connectivity index (χ4v) is 2.00. The summed E-state index contributed by atoms with van der Waals surface area (Å²) in [5.41, 5.74) is -0.0698. The molecule has 5 heteroatoms. The van der Waals surface area contributed by atoms with Crippen molar-refractivity contribution in [3.63, 3.8) is 0 Å². The van der Waals surface area contributed by atoms with Gasteiger partial charge in [-0.05, 0) is 41.0 Å². The molecule has 1 heterocycles. The smallest absolute Gasteiger partial charge is 0.410 e. The highest BCUT2D eigenvalue weighted by atomic mass is 16.6. The lowest BCUT2D eigenvalue weighted by Gasteiger charge is -2.41. The Balaban J connectivity index is 2.73. The predicted octanol–water partition coefficient (Wildman–Crippen LogP) is 2.34. The molecular formula is C15H27NO4. The monoisotopic (exact) mass is 285 g/mol. The number of aliphatic hydroxyl groups excluding tert-OH is 1. The van der Waals surface area contributed by atoms with Crippen LogP contribution in [0.3, 0.4) is 0 Å². The fraction of sp³-hybridized carbons (Fsp3) is 0.800. The zero-order chi connectivity index (χ0) is 15.4. The first-order valence-electron chi connectivity index (χ1n) is 7.04. The second-order valence-electron chi connectivity index (χ2n) is 6.58. The van der Waals surface area contributed by atoms with Crippen LogP contribution in [0.25, 0.3) is 0 Å². The van der Waals surface area contributed by atoms with Gasteiger partial charge in [0.05, 0.1) is 19.8 Å². The molecule has 1 aliphatic rings. The standard InChI is InChI=1S/C15H27NO4/c1-12(2)6-7-15(11-17)10-16(8-9-19-15)13(18)20-14(3,4)5/h6,17H,7-11H2,1-5H3. The molecule has 5 nitrogen and oxygen atoms in total. The van der Waals surface area contributed by atoms with Crippen LogP contribution >= 0.6 is 0 Å². The summed E-state index contributed by atoms with van der Waals surface area (Å²) in [5, 5.41) is 9.65. The normalized spacial score (nSPS) is 23.4. The molecule has 0 aromatic heterocycles. The van der Waals surface area contributed by atoms with E-state index < -0.39 is 11.2 Å². The Hall–Kier alpha value is -1.07. The first kappa shape index (κ1) is 17.0. The molecule has 0 aliphatic carbocycles. The quantitative estimate of drug-likeness (QED) is 0.809. The topological polar surface area (TPSA) is 59.0 Å². The van der Waals surface area contributed by atoms with Crippen LogP contribution in [-0.2, 0) is 9.47 Å². The average molecular weight is 285 g/mol. The van der Waals surface area contributed by atoms with Gasteiger partial charge in [-0.15, -0.1) is 0 Å². The second kappa shape index (κ2) is 6.59. The largest absolute Gasteiger partial charge is 0.444 e. The van der Waals surface area contributed by atoms with Crippen LogP contribution in [0.2, 0.25) is 0 Å². The van der Waals surface area contributed by atoms with Crippen LogP contribution < -0.4 is 0 Å². The van der Waals surface area contributed by atoms with Crippen molar-refractivity contribution in [2.45, 2.75) is 52.2 Å². The third-order valence-corrected chi connectivity index (χ3v) is 3.07. The Morgan fingerprint density at radius 1 is 1.45 bits per heavy atom. The Bertz CT molecular complexity index is 369. The summed E-state index contributed by atoms with van der Waals surface area (Å²) in [4.78, 5) is 13.7. The first-order valence-corrected chi connectivity index (χ1v) is 7.04. The van der Waals surface area contributed by atoms with Gasteiger partial charge in [-0.3, -0.25) is 0 Å². The molecular weight excluding hydrogens is 258 g/mol. The molecule has 1 rings (SSSR count). The van der Waals surface area contributed by atoms with Crippen molar-refractivity contribution in [2.24, 2.45) is 0 Å². The maximum atomic E-state index is 12.1. The van der Waals surface area contributed by atoms with Gasteiger partial charge >= 0.3 is 6.09 Å². The van der Waals surface area contributed by atoms with Crippen molar-refractivity contribution in [1.29, 1.82) is 0 Å². The van der Waals surface area contributed by atoms with Crippen LogP contribution in [0.4, 0.5) is 4.79 Å². The number of hydrogen-bond donors (Lipinski definition) is 1. The zero-order valence-electron chi connectivity index (χ0n) is 13.2. The molecule has 0 saturated carbocycles. The van der Waals surface area contributed by atoms with Crippen LogP contribution in [0, 0.1) is 0 Å². The predicted molar refractivity (Wildman–Crippen MR) is 77.6 cm³/mol. The van der Waals surface area contributed by atoms with Gasteiger partial charge in [0.1, 0.15) is 11.2 Å². The molecule has 116 valence electrons. The molecule has 1 N–H and O–H groups in total. The second-order valence-corrected chi connectivity index (χ2v) is 6.58. The van der Waals surface area contributed by atoms with E-state index in [2.05, 4.69) is 0 Å². The number of ether oxygens (including phenoxy) is 2. The lowest BCUT2D eigenvalue weighted by atomic mass is 9.97. The van der Waals surface area contributed by atoms with Gasteiger partial charge in [0.25, 0.3) is 0 Å². The van der Waals surface area contributed by atoms with E-state index in [1.165, 1.54) is 0 Å². The van der Waals surface area contributed by atoms with Gasteiger partial charge in [-0.2, -0.15) is 0 Å². The van der Waals surface area contributed by atoms with Crippen LogP contribution in [0.15, 0.2) is 11.6 Å². The Morgan fingerprint density at radius 2 is 2.10 bits per heavy atom. The number of morpholine rings is 1. The molecule has 1 atom stereocenters. The maximum Gasteiger partial charge on any atom is 0.410 e. The molecule has 0 aromatic rings. The molecule has 1 aliphatic heterocycles. The van der Waals surface area contributed by atoms with Gasteiger partial charge in [0.2, 0.25) is 0 Å². The van der Waals surface area contributed by atoms with Gasteiger partial charge < -0.3 is 19.5 Å². The summed E-state index contributed by atoms with van der Waals surface area (Å²) < 4.78 is 11.1. The van der Waals surface area contributed by atoms with E-state index in [-0.39, 0.29) is 12.7 Å². The van der Waals surface area contributed by atoms with Crippen molar-refractivity contribution >= 4 is 6.09 Å². The fourth-order valence-electron chi connectivity index (χ4n) is 2.00. The third-order valence-electron chi connectivity index (χ3n) is 3.07. The summed E-state index contributed by atoms with van der Waals surface area (Å²) in [7, 11) is 0. The van der Waals surface area contributed by atoms with Gasteiger partial charge in [0, 0.05) is 6.54 Å². The van der Waals surface area contributed by atoms with Gasteiger partial charge in [-0.1, -0.05) is 11.6 Å². The van der Waals surface area contributed by atoms with E-state index in [4.69, 9.17) is 9.47 Å². The molecule has 1 amide bonds. The summed E-state index contributed by atoms with van der Waals surface area (Å²) in [5.74, 6) is 0. The Kier molecular flexibility index (Phi) is 5.59. The van der Waals surface area contributed by atoms with Crippen molar-refractivity contribution < 1.29 is 19.4 Å². The SMILES string of the molecule is CC(C)=CCC1(CO)CN(C(=O)OC(C)(C)C)CCO1. The number of aliphatic hydroxyl groups is 1. The molecule has 1 unspecified atom stereocenters. The van der Waals surface area contributed by atoms with Crippen LogP contribution in [0.1, 0.15) is 41.0 Å². The van der Waals surface area contributed by atoms with Crippen molar-refractivity contribution in [1.82, 2.24) is 4.90 Å². The zero-order valence-corrected chi connectivity index (χ0v) is 13.2. The lowest BCUT2D eigenvalue weighted by molar-refractivity contribution is -0.128. The summed E-state index contributed by atoms with van der Waals surface area (Å²) in [6.07, 6.45) is 2.26. The van der Waals surface area contributed by atoms with E-state index in [0.29, 0.717) is 26.1 Å². The third kappa shape index (κ3) is 5.13. The van der Waals surface area contributed by atoms with Crippen molar-refractivity contribution in [3.05, 3.63) is 11.6 Å². The molecule has 20 heavy (non-hydrogen) atoms.